The summed E-state index contributed by atoms with van der Waals surface area (Å²) >= 11 is 0. The van der Waals surface area contributed by atoms with Crippen molar-refractivity contribution in [1.29, 1.82) is 0 Å². The van der Waals surface area contributed by atoms with Crippen LogP contribution in [-0.4, -0.2) is 67.8 Å². The Morgan fingerprint density at radius 1 is 1.46 bits per heavy atom. The second-order valence-electron chi connectivity index (χ2n) is 6.04. The molecule has 2 unspecified atom stereocenters. The van der Waals surface area contributed by atoms with Crippen molar-refractivity contribution in [1.82, 2.24) is 4.90 Å². The topological polar surface area (TPSA) is 85.1 Å². The maximum atomic E-state index is 12.1. The molecule has 0 spiro atoms. The number of carbonyl (C=O) groups is 1. The van der Waals surface area contributed by atoms with Gasteiger partial charge in [-0.2, -0.15) is 0 Å². The van der Waals surface area contributed by atoms with Crippen LogP contribution in [0.15, 0.2) is 18.2 Å². The fourth-order valence-corrected chi connectivity index (χ4v) is 3.32. The Kier molecular flexibility index (Phi) is 4.68. The third-order valence-electron chi connectivity index (χ3n) is 4.62. The number of hydrogen-bond acceptors (Lipinski definition) is 7. The molecular formula is C16H21N3O5. The predicted molar refractivity (Wildman–Crippen MR) is 87.4 cm³/mol. The highest BCUT2D eigenvalue weighted by Crippen LogP contribution is 2.30. The molecule has 0 amide bonds. The maximum absolute atomic E-state index is 12.1. The Balaban J connectivity index is 1.88. The first-order valence-corrected chi connectivity index (χ1v) is 8.03. The van der Waals surface area contributed by atoms with E-state index in [4.69, 9.17) is 9.47 Å². The van der Waals surface area contributed by atoms with E-state index in [1.165, 1.54) is 6.07 Å². The lowest BCUT2D eigenvalue weighted by Gasteiger charge is -2.33. The third kappa shape index (κ3) is 3.07. The molecule has 0 aromatic heterocycles. The van der Waals surface area contributed by atoms with E-state index in [0.29, 0.717) is 19.2 Å². The summed E-state index contributed by atoms with van der Waals surface area (Å²) < 4.78 is 10.8. The van der Waals surface area contributed by atoms with Crippen molar-refractivity contribution < 1.29 is 19.2 Å². The van der Waals surface area contributed by atoms with E-state index in [-0.39, 0.29) is 24.0 Å². The van der Waals surface area contributed by atoms with Crippen LogP contribution in [0.5, 0.6) is 0 Å². The van der Waals surface area contributed by atoms with E-state index in [0.717, 1.165) is 18.8 Å². The molecule has 3 rings (SSSR count). The van der Waals surface area contributed by atoms with Crippen molar-refractivity contribution in [3.05, 3.63) is 33.9 Å². The molecule has 2 aliphatic rings. The van der Waals surface area contributed by atoms with E-state index in [1.54, 1.807) is 19.1 Å². The van der Waals surface area contributed by atoms with Gasteiger partial charge in [-0.15, -0.1) is 0 Å². The van der Waals surface area contributed by atoms with Gasteiger partial charge in [0.2, 0.25) is 0 Å². The summed E-state index contributed by atoms with van der Waals surface area (Å²) in [5.74, 6) is -0.670. The van der Waals surface area contributed by atoms with Crippen molar-refractivity contribution in [2.75, 3.05) is 44.8 Å². The first-order chi connectivity index (χ1) is 11.5. The zero-order valence-corrected chi connectivity index (χ0v) is 13.8. The number of hydrogen-bond donors (Lipinski definition) is 0. The van der Waals surface area contributed by atoms with Crippen LogP contribution in [0.1, 0.15) is 17.3 Å². The first kappa shape index (κ1) is 16.7. The minimum atomic E-state index is -0.670. The standard InChI is InChI=1S/C16H21N3O5/c1-3-23-16(20)12-8-11(4-5-13(12)19(21)22)18-9-14-15(10-18)24-7-6-17(14)2/h4-5,8,14-15H,3,6-7,9-10H2,1-2H3. The Morgan fingerprint density at radius 2 is 2.25 bits per heavy atom. The van der Waals surface area contributed by atoms with Crippen molar-refractivity contribution in [3.63, 3.8) is 0 Å². The fraction of sp³-hybridized carbons (Fsp3) is 0.562. The van der Waals surface area contributed by atoms with Gasteiger partial charge in [-0.05, 0) is 26.1 Å². The lowest BCUT2D eigenvalue weighted by molar-refractivity contribution is -0.385. The highest BCUT2D eigenvalue weighted by atomic mass is 16.6. The zero-order chi connectivity index (χ0) is 17.3. The highest BCUT2D eigenvalue weighted by Gasteiger charge is 2.39. The number of nitro benzene ring substituents is 1. The molecule has 2 saturated heterocycles. The van der Waals surface area contributed by atoms with Gasteiger partial charge in [-0.3, -0.25) is 15.0 Å². The molecule has 2 fully saturated rings. The van der Waals surface area contributed by atoms with E-state index in [2.05, 4.69) is 16.8 Å². The molecule has 2 heterocycles. The average Bonchev–Trinajstić information content (AvgIpc) is 3.00. The zero-order valence-electron chi connectivity index (χ0n) is 13.8. The van der Waals surface area contributed by atoms with Crippen molar-refractivity contribution in [2.45, 2.75) is 19.1 Å². The van der Waals surface area contributed by atoms with Crippen LogP contribution in [0.2, 0.25) is 0 Å². The van der Waals surface area contributed by atoms with Gasteiger partial charge in [0.15, 0.2) is 0 Å². The minimum absolute atomic E-state index is 0.0107. The Bertz CT molecular complexity index is 651. The lowest BCUT2D eigenvalue weighted by Crippen LogP contribution is -2.48. The van der Waals surface area contributed by atoms with Gasteiger partial charge in [0, 0.05) is 31.4 Å². The number of benzene rings is 1. The Labute approximate surface area is 140 Å². The lowest BCUT2D eigenvalue weighted by atomic mass is 10.1. The van der Waals surface area contributed by atoms with Gasteiger partial charge in [0.1, 0.15) is 5.56 Å². The second kappa shape index (κ2) is 6.74. The van der Waals surface area contributed by atoms with Crippen LogP contribution in [0, 0.1) is 10.1 Å². The number of rotatable bonds is 4. The summed E-state index contributed by atoms with van der Waals surface area (Å²) in [4.78, 5) is 27.0. The normalized spacial score (nSPS) is 23.8. The van der Waals surface area contributed by atoms with Crippen LogP contribution in [-0.2, 0) is 9.47 Å². The summed E-state index contributed by atoms with van der Waals surface area (Å²) in [5.41, 5.74) is 0.528. The highest BCUT2D eigenvalue weighted by molar-refractivity contribution is 5.95. The van der Waals surface area contributed by atoms with Crippen LogP contribution in [0.3, 0.4) is 0 Å². The summed E-state index contributed by atoms with van der Waals surface area (Å²) in [6.45, 7) is 4.91. The summed E-state index contributed by atoms with van der Waals surface area (Å²) in [6.07, 6.45) is 0.116. The molecule has 1 aromatic rings. The quantitative estimate of drug-likeness (QED) is 0.465. The first-order valence-electron chi connectivity index (χ1n) is 8.03. The van der Waals surface area contributed by atoms with Gasteiger partial charge in [0.25, 0.3) is 5.69 Å². The van der Waals surface area contributed by atoms with Crippen LogP contribution in [0.25, 0.3) is 0 Å². The molecule has 0 aliphatic carbocycles. The number of morpholine rings is 1. The van der Waals surface area contributed by atoms with Crippen molar-refractivity contribution in [3.8, 4) is 0 Å². The summed E-state index contributed by atoms with van der Waals surface area (Å²) in [5, 5.41) is 11.2. The van der Waals surface area contributed by atoms with Gasteiger partial charge in [-0.1, -0.05) is 0 Å². The molecule has 0 saturated carbocycles. The summed E-state index contributed by atoms with van der Waals surface area (Å²) in [6, 6.07) is 4.89. The van der Waals surface area contributed by atoms with E-state index < -0.39 is 10.9 Å². The number of nitro groups is 1. The molecule has 8 nitrogen and oxygen atoms in total. The molecule has 0 radical (unpaired) electrons. The Hall–Kier alpha value is -2.19. The average molecular weight is 335 g/mol. The molecule has 0 N–H and O–H groups in total. The van der Waals surface area contributed by atoms with Crippen molar-refractivity contribution in [2.24, 2.45) is 0 Å². The largest absolute Gasteiger partial charge is 0.462 e. The number of ether oxygens (including phenoxy) is 2. The van der Waals surface area contributed by atoms with Crippen molar-refractivity contribution >= 4 is 17.3 Å². The molecular weight excluding hydrogens is 314 g/mol. The number of esters is 1. The van der Waals surface area contributed by atoms with Gasteiger partial charge >= 0.3 is 5.97 Å². The van der Waals surface area contributed by atoms with E-state index >= 15 is 0 Å². The number of carbonyl (C=O) groups excluding carboxylic acids is 1. The predicted octanol–water partition coefficient (Wildman–Crippen LogP) is 1.29. The smallest absolute Gasteiger partial charge is 0.345 e. The molecule has 1 aromatic carbocycles. The molecule has 8 heteroatoms. The molecule has 24 heavy (non-hydrogen) atoms. The van der Waals surface area contributed by atoms with Gasteiger partial charge < -0.3 is 14.4 Å². The number of nitrogens with zero attached hydrogens (tertiary/aromatic N) is 3. The van der Waals surface area contributed by atoms with Gasteiger partial charge in [0.05, 0.1) is 30.3 Å². The number of likely N-dealkylation sites (N-methyl/N-ethyl adjacent to an activating group) is 1. The maximum Gasteiger partial charge on any atom is 0.345 e. The van der Waals surface area contributed by atoms with Crippen LogP contribution < -0.4 is 4.90 Å². The fourth-order valence-electron chi connectivity index (χ4n) is 3.32. The minimum Gasteiger partial charge on any atom is -0.462 e. The molecule has 130 valence electrons. The van der Waals surface area contributed by atoms with Gasteiger partial charge in [-0.25, -0.2) is 4.79 Å². The van der Waals surface area contributed by atoms with Crippen LogP contribution in [0.4, 0.5) is 11.4 Å². The molecule has 0 bridgehead atoms. The molecule has 2 atom stereocenters. The SMILES string of the molecule is CCOC(=O)c1cc(N2CC3OCCN(C)C3C2)ccc1[N+](=O)[O-]. The Morgan fingerprint density at radius 3 is 2.92 bits per heavy atom. The van der Waals surface area contributed by atoms with E-state index in [1.807, 2.05) is 0 Å². The van der Waals surface area contributed by atoms with Crippen LogP contribution >= 0.6 is 0 Å². The molecule has 2 aliphatic heterocycles. The summed E-state index contributed by atoms with van der Waals surface area (Å²) in [7, 11) is 2.07. The monoisotopic (exact) mass is 335 g/mol. The number of anilines is 1. The number of fused-ring (bicyclic) bond motifs is 1. The third-order valence-corrected chi connectivity index (χ3v) is 4.62. The van der Waals surface area contributed by atoms with E-state index in [9.17, 15) is 14.9 Å². The second-order valence-corrected chi connectivity index (χ2v) is 6.04.